The molecule has 0 spiro atoms. The molecule has 0 aromatic carbocycles. The summed E-state index contributed by atoms with van der Waals surface area (Å²) >= 11 is 6.02. The predicted molar refractivity (Wildman–Crippen MR) is 73.4 cm³/mol. The highest BCUT2D eigenvalue weighted by Gasteiger charge is 2.42. The second-order valence-electron chi connectivity index (χ2n) is 5.32. The fourth-order valence-corrected chi connectivity index (χ4v) is 3.39. The van der Waals surface area contributed by atoms with Crippen LogP contribution in [0, 0.1) is 5.92 Å². The number of fused-ring (bicyclic) bond motifs is 3. The van der Waals surface area contributed by atoms with Crippen molar-refractivity contribution in [2.75, 3.05) is 5.32 Å². The van der Waals surface area contributed by atoms with Gasteiger partial charge in [-0.1, -0.05) is 11.6 Å². The smallest absolute Gasteiger partial charge is 0.233 e. The zero-order valence-electron chi connectivity index (χ0n) is 10.6. The molecule has 3 N–H and O–H groups in total. The van der Waals surface area contributed by atoms with E-state index >= 15 is 0 Å². The van der Waals surface area contributed by atoms with E-state index in [1.807, 2.05) is 0 Å². The van der Waals surface area contributed by atoms with Gasteiger partial charge in [-0.15, -0.1) is 0 Å². The SMILES string of the molecule is O=C(Nc1nc(Cl)c2[nH]cnc2n1)C1CC2CCC1N2. The molecular weight excluding hydrogens is 280 g/mol. The number of nitrogens with zero attached hydrogens (tertiary/aromatic N) is 3. The molecule has 2 aromatic rings. The first-order chi connectivity index (χ1) is 9.70. The quantitative estimate of drug-likeness (QED) is 0.720. The zero-order chi connectivity index (χ0) is 13.7. The van der Waals surface area contributed by atoms with E-state index in [9.17, 15) is 4.79 Å². The normalized spacial score (nSPS) is 28.1. The Kier molecular flexibility index (Phi) is 2.64. The van der Waals surface area contributed by atoms with Crippen molar-refractivity contribution in [1.29, 1.82) is 0 Å². The molecule has 3 atom stereocenters. The fraction of sp³-hybridized carbons (Fsp3) is 0.500. The molecule has 1 amide bonds. The van der Waals surface area contributed by atoms with Gasteiger partial charge in [0.05, 0.1) is 12.2 Å². The topological polar surface area (TPSA) is 95.6 Å². The summed E-state index contributed by atoms with van der Waals surface area (Å²) in [4.78, 5) is 27.4. The number of carbonyl (C=O) groups is 1. The molecule has 8 heteroatoms. The Labute approximate surface area is 119 Å². The minimum atomic E-state index is -0.0457. The molecule has 2 fully saturated rings. The van der Waals surface area contributed by atoms with Crippen molar-refractivity contribution >= 4 is 34.6 Å². The molecule has 2 aliphatic rings. The first kappa shape index (κ1) is 12.0. The van der Waals surface area contributed by atoms with Gasteiger partial charge in [0.15, 0.2) is 10.8 Å². The maximum atomic E-state index is 12.3. The van der Waals surface area contributed by atoms with E-state index in [0.29, 0.717) is 17.2 Å². The number of H-pyrrole nitrogens is 1. The molecule has 2 bridgehead atoms. The van der Waals surface area contributed by atoms with E-state index in [-0.39, 0.29) is 29.0 Å². The number of amides is 1. The van der Waals surface area contributed by atoms with Crippen LogP contribution in [0.4, 0.5) is 5.95 Å². The number of carbonyl (C=O) groups excluding carboxylic acids is 1. The van der Waals surface area contributed by atoms with Gasteiger partial charge in [0.25, 0.3) is 0 Å². The number of anilines is 1. The summed E-state index contributed by atoms with van der Waals surface area (Å²) in [6.45, 7) is 0. The second-order valence-corrected chi connectivity index (χ2v) is 5.68. The molecule has 7 nitrogen and oxygen atoms in total. The fourth-order valence-electron chi connectivity index (χ4n) is 3.17. The van der Waals surface area contributed by atoms with Crippen molar-refractivity contribution in [3.8, 4) is 0 Å². The number of imidazole rings is 1. The van der Waals surface area contributed by atoms with E-state index in [2.05, 4.69) is 30.6 Å². The van der Waals surface area contributed by atoms with Crippen molar-refractivity contribution in [2.24, 2.45) is 5.92 Å². The Morgan fingerprint density at radius 1 is 1.40 bits per heavy atom. The molecule has 104 valence electrons. The molecule has 3 unspecified atom stereocenters. The Bertz CT molecular complexity index is 686. The van der Waals surface area contributed by atoms with Gasteiger partial charge >= 0.3 is 0 Å². The van der Waals surface area contributed by atoms with Crippen LogP contribution in [0.3, 0.4) is 0 Å². The monoisotopic (exact) mass is 292 g/mol. The van der Waals surface area contributed by atoms with E-state index in [0.717, 1.165) is 19.3 Å². The first-order valence-corrected chi connectivity index (χ1v) is 7.02. The van der Waals surface area contributed by atoms with Crippen molar-refractivity contribution in [1.82, 2.24) is 25.3 Å². The van der Waals surface area contributed by atoms with Crippen LogP contribution in [0.5, 0.6) is 0 Å². The molecule has 4 heterocycles. The number of hydrogen-bond acceptors (Lipinski definition) is 5. The summed E-state index contributed by atoms with van der Waals surface area (Å²) in [5.74, 6) is 0.157. The van der Waals surface area contributed by atoms with Crippen LogP contribution >= 0.6 is 11.6 Å². The Balaban J connectivity index is 1.56. The standard InChI is InChI=1S/C12H13ClN6O/c13-9-8-10(15-4-14-8)18-12(17-9)19-11(20)6-3-5-1-2-7(6)16-5/h4-7,16H,1-3H2,(H2,14,15,17,18,19,20). The van der Waals surface area contributed by atoms with Gasteiger partial charge in [-0.3, -0.25) is 10.1 Å². The molecule has 20 heavy (non-hydrogen) atoms. The van der Waals surface area contributed by atoms with Gasteiger partial charge in [0.1, 0.15) is 5.52 Å². The molecule has 2 aromatic heterocycles. The first-order valence-electron chi connectivity index (χ1n) is 6.64. The minimum Gasteiger partial charge on any atom is -0.341 e. The summed E-state index contributed by atoms with van der Waals surface area (Å²) in [5, 5.41) is 6.45. The number of aromatic nitrogens is 4. The van der Waals surface area contributed by atoms with Crippen LogP contribution in [-0.2, 0) is 4.79 Å². The van der Waals surface area contributed by atoms with E-state index in [1.54, 1.807) is 0 Å². The van der Waals surface area contributed by atoms with E-state index in [4.69, 9.17) is 11.6 Å². The minimum absolute atomic E-state index is 0.00833. The van der Waals surface area contributed by atoms with Crippen LogP contribution in [-0.4, -0.2) is 37.9 Å². The molecule has 0 radical (unpaired) electrons. The summed E-state index contributed by atoms with van der Waals surface area (Å²) in [6, 6.07) is 0.763. The number of rotatable bonds is 2. The largest absolute Gasteiger partial charge is 0.341 e. The maximum absolute atomic E-state index is 12.3. The van der Waals surface area contributed by atoms with Crippen molar-refractivity contribution < 1.29 is 4.79 Å². The van der Waals surface area contributed by atoms with Gasteiger partial charge in [-0.05, 0) is 19.3 Å². The van der Waals surface area contributed by atoms with Crippen LogP contribution < -0.4 is 10.6 Å². The van der Waals surface area contributed by atoms with Gasteiger partial charge in [-0.2, -0.15) is 9.97 Å². The summed E-state index contributed by atoms with van der Waals surface area (Å²) < 4.78 is 0. The second kappa shape index (κ2) is 4.39. The lowest BCUT2D eigenvalue weighted by atomic mass is 9.88. The van der Waals surface area contributed by atoms with Crippen LogP contribution in [0.1, 0.15) is 19.3 Å². The van der Waals surface area contributed by atoms with Gasteiger partial charge in [0.2, 0.25) is 11.9 Å². The summed E-state index contributed by atoms with van der Waals surface area (Å²) in [7, 11) is 0. The number of nitrogens with one attached hydrogen (secondary N) is 3. The molecule has 2 saturated heterocycles. The van der Waals surface area contributed by atoms with Crippen molar-refractivity contribution in [3.63, 3.8) is 0 Å². The predicted octanol–water partition coefficient (Wildman–Crippen LogP) is 1.09. The third kappa shape index (κ3) is 1.85. The average Bonchev–Trinajstić information content (AvgIpc) is 3.13. The number of hydrogen-bond donors (Lipinski definition) is 3. The molecule has 0 saturated carbocycles. The third-order valence-corrected chi connectivity index (χ3v) is 4.39. The molecule has 4 rings (SSSR count). The summed E-state index contributed by atoms with van der Waals surface area (Å²) in [6.07, 6.45) is 4.60. The highest BCUT2D eigenvalue weighted by molar-refractivity contribution is 6.33. The molecular formula is C12H13ClN6O. The van der Waals surface area contributed by atoms with E-state index in [1.165, 1.54) is 6.33 Å². The Morgan fingerprint density at radius 2 is 2.30 bits per heavy atom. The van der Waals surface area contributed by atoms with Crippen LogP contribution in [0.15, 0.2) is 6.33 Å². The van der Waals surface area contributed by atoms with Crippen LogP contribution in [0.25, 0.3) is 11.2 Å². The van der Waals surface area contributed by atoms with Crippen LogP contribution in [0.2, 0.25) is 5.15 Å². The highest BCUT2D eigenvalue weighted by Crippen LogP contribution is 2.33. The lowest BCUT2D eigenvalue weighted by Gasteiger charge is -2.18. The number of aromatic amines is 1. The van der Waals surface area contributed by atoms with E-state index < -0.39 is 0 Å². The number of halogens is 1. The third-order valence-electron chi connectivity index (χ3n) is 4.11. The zero-order valence-corrected chi connectivity index (χ0v) is 11.3. The average molecular weight is 293 g/mol. The summed E-state index contributed by atoms with van der Waals surface area (Å²) in [5.41, 5.74) is 1.03. The molecule has 0 aliphatic carbocycles. The maximum Gasteiger partial charge on any atom is 0.233 e. The van der Waals surface area contributed by atoms with Gasteiger partial charge < -0.3 is 10.3 Å². The lowest BCUT2D eigenvalue weighted by molar-refractivity contribution is -0.120. The van der Waals surface area contributed by atoms with Gasteiger partial charge in [-0.25, -0.2) is 4.98 Å². The lowest BCUT2D eigenvalue weighted by Crippen LogP contribution is -2.33. The molecule has 2 aliphatic heterocycles. The van der Waals surface area contributed by atoms with Crippen molar-refractivity contribution in [3.05, 3.63) is 11.5 Å². The van der Waals surface area contributed by atoms with Gasteiger partial charge in [0, 0.05) is 12.1 Å². The highest BCUT2D eigenvalue weighted by atomic mass is 35.5. The Morgan fingerprint density at radius 3 is 3.05 bits per heavy atom. The van der Waals surface area contributed by atoms with Crippen molar-refractivity contribution in [2.45, 2.75) is 31.3 Å². The Hall–Kier alpha value is -1.73.